The topological polar surface area (TPSA) is 35.9 Å². The van der Waals surface area contributed by atoms with Gasteiger partial charge in [0.15, 0.2) is 0 Å². The fourth-order valence-corrected chi connectivity index (χ4v) is 3.01. The lowest BCUT2D eigenvalue weighted by Gasteiger charge is -2.36. The highest BCUT2D eigenvalue weighted by molar-refractivity contribution is 5.46. The molecule has 1 atom stereocenters. The van der Waals surface area contributed by atoms with Gasteiger partial charge in [-0.15, -0.1) is 0 Å². The van der Waals surface area contributed by atoms with E-state index in [1.54, 1.807) is 0 Å². The third-order valence-electron chi connectivity index (χ3n) is 4.53. The van der Waals surface area contributed by atoms with Crippen molar-refractivity contribution >= 4 is 5.69 Å². The second-order valence-corrected chi connectivity index (χ2v) is 6.37. The molecule has 3 rings (SSSR count). The average molecular weight is 344 g/mol. The molecule has 0 aromatic heterocycles. The van der Waals surface area contributed by atoms with Gasteiger partial charge in [-0.1, -0.05) is 18.2 Å². The molecule has 0 aliphatic carbocycles. The van der Waals surface area contributed by atoms with Gasteiger partial charge in [0.25, 0.3) is 0 Å². The van der Waals surface area contributed by atoms with Crippen LogP contribution >= 0.6 is 0 Å². The smallest absolute Gasteiger partial charge is 0.123 e. The lowest BCUT2D eigenvalue weighted by atomic mass is 10.2. The van der Waals surface area contributed by atoms with Gasteiger partial charge in [-0.3, -0.25) is 4.90 Å². The summed E-state index contributed by atoms with van der Waals surface area (Å²) in [6.07, 6.45) is 0.235. The summed E-state index contributed by atoms with van der Waals surface area (Å²) < 4.78 is 18.6. The lowest BCUT2D eigenvalue weighted by molar-refractivity contribution is 0.0866. The van der Waals surface area contributed by atoms with Crippen molar-refractivity contribution in [1.29, 1.82) is 0 Å². The van der Waals surface area contributed by atoms with Gasteiger partial charge in [0.1, 0.15) is 18.2 Å². The van der Waals surface area contributed by atoms with Crippen molar-refractivity contribution in [3.8, 4) is 5.75 Å². The van der Waals surface area contributed by atoms with Gasteiger partial charge in [-0.2, -0.15) is 0 Å². The van der Waals surface area contributed by atoms with E-state index in [1.807, 2.05) is 42.5 Å². The van der Waals surface area contributed by atoms with Crippen LogP contribution in [0.25, 0.3) is 0 Å². The number of anilines is 1. The van der Waals surface area contributed by atoms with E-state index in [0.29, 0.717) is 13.0 Å². The number of rotatable bonds is 7. The Bertz CT molecular complexity index is 628. The molecule has 4 nitrogen and oxygen atoms in total. The number of para-hydroxylation sites is 1. The molecule has 2 aromatic rings. The van der Waals surface area contributed by atoms with Gasteiger partial charge < -0.3 is 14.7 Å². The van der Waals surface area contributed by atoms with Crippen LogP contribution in [0.4, 0.5) is 10.1 Å². The molecular weight excluding hydrogens is 319 g/mol. The minimum Gasteiger partial charge on any atom is -0.491 e. The Labute approximate surface area is 148 Å². The van der Waals surface area contributed by atoms with Crippen molar-refractivity contribution in [2.24, 2.45) is 0 Å². The molecule has 1 aliphatic heterocycles. The normalized spacial score (nSPS) is 16.6. The SMILES string of the molecule is OC(CCN1CCN(c2ccc(F)cc2)CC1)COc1ccccc1. The summed E-state index contributed by atoms with van der Waals surface area (Å²) >= 11 is 0. The highest BCUT2D eigenvalue weighted by Gasteiger charge is 2.18. The number of halogens is 1. The van der Waals surface area contributed by atoms with E-state index in [9.17, 15) is 9.50 Å². The van der Waals surface area contributed by atoms with Gasteiger partial charge in [0, 0.05) is 38.4 Å². The van der Waals surface area contributed by atoms with Crippen molar-refractivity contribution in [3.63, 3.8) is 0 Å². The van der Waals surface area contributed by atoms with E-state index in [1.165, 1.54) is 12.1 Å². The molecule has 5 heteroatoms. The summed E-state index contributed by atoms with van der Waals surface area (Å²) in [5.41, 5.74) is 1.07. The Kier molecular flexibility index (Phi) is 6.25. The monoisotopic (exact) mass is 344 g/mol. The summed E-state index contributed by atoms with van der Waals surface area (Å²) in [6, 6.07) is 16.2. The molecule has 1 N–H and O–H groups in total. The van der Waals surface area contributed by atoms with Gasteiger partial charge in [-0.25, -0.2) is 4.39 Å². The maximum absolute atomic E-state index is 13.0. The van der Waals surface area contributed by atoms with Crippen LogP contribution in [0.15, 0.2) is 54.6 Å². The Balaban J connectivity index is 1.35. The molecule has 2 aromatic carbocycles. The number of aliphatic hydroxyl groups excluding tert-OH is 1. The van der Waals surface area contributed by atoms with Crippen molar-refractivity contribution in [3.05, 3.63) is 60.4 Å². The fraction of sp³-hybridized carbons (Fsp3) is 0.400. The highest BCUT2D eigenvalue weighted by Crippen LogP contribution is 2.17. The quantitative estimate of drug-likeness (QED) is 0.838. The number of nitrogens with zero attached hydrogens (tertiary/aromatic N) is 2. The van der Waals surface area contributed by atoms with Gasteiger partial charge in [-0.05, 0) is 42.8 Å². The van der Waals surface area contributed by atoms with Gasteiger partial charge in [0.2, 0.25) is 0 Å². The zero-order chi connectivity index (χ0) is 17.5. The van der Waals surface area contributed by atoms with Crippen LogP contribution in [0.3, 0.4) is 0 Å². The van der Waals surface area contributed by atoms with E-state index in [0.717, 1.165) is 44.2 Å². The Morgan fingerprint density at radius 2 is 1.64 bits per heavy atom. The molecule has 0 spiro atoms. The Morgan fingerprint density at radius 3 is 2.32 bits per heavy atom. The van der Waals surface area contributed by atoms with E-state index < -0.39 is 6.10 Å². The van der Waals surface area contributed by atoms with Gasteiger partial charge in [0.05, 0.1) is 6.10 Å². The summed E-state index contributed by atoms with van der Waals surface area (Å²) in [5.74, 6) is 0.587. The molecular formula is C20H25FN2O2. The van der Waals surface area contributed by atoms with Crippen molar-refractivity contribution < 1.29 is 14.2 Å². The molecule has 0 bridgehead atoms. The molecule has 1 aliphatic rings. The Morgan fingerprint density at radius 1 is 0.960 bits per heavy atom. The first kappa shape index (κ1) is 17.7. The number of ether oxygens (including phenoxy) is 1. The van der Waals surface area contributed by atoms with Crippen LogP contribution in [-0.2, 0) is 0 Å². The largest absolute Gasteiger partial charge is 0.491 e. The Hall–Kier alpha value is -2.11. The van der Waals surface area contributed by atoms with Crippen LogP contribution in [0.1, 0.15) is 6.42 Å². The molecule has 1 heterocycles. The molecule has 0 saturated carbocycles. The minimum absolute atomic E-state index is 0.200. The predicted octanol–water partition coefficient (Wildman–Crippen LogP) is 2.78. The average Bonchev–Trinajstić information content (AvgIpc) is 2.67. The van der Waals surface area contributed by atoms with Crippen LogP contribution in [0.2, 0.25) is 0 Å². The molecule has 1 unspecified atom stereocenters. The van der Waals surface area contributed by atoms with E-state index in [-0.39, 0.29) is 5.82 Å². The molecule has 1 fully saturated rings. The maximum atomic E-state index is 13.0. The first-order chi connectivity index (χ1) is 12.2. The van der Waals surface area contributed by atoms with Crippen LogP contribution in [0.5, 0.6) is 5.75 Å². The minimum atomic E-state index is -0.463. The second kappa shape index (κ2) is 8.83. The predicted molar refractivity (Wildman–Crippen MR) is 97.6 cm³/mol. The second-order valence-electron chi connectivity index (χ2n) is 6.37. The summed E-state index contributed by atoms with van der Waals surface area (Å²) in [6.45, 7) is 4.91. The third-order valence-corrected chi connectivity index (χ3v) is 4.53. The van der Waals surface area contributed by atoms with E-state index in [4.69, 9.17) is 4.74 Å². The standard InChI is InChI=1S/C20H25FN2O2/c21-17-6-8-18(9-7-17)23-14-12-22(13-15-23)11-10-19(24)16-25-20-4-2-1-3-5-20/h1-9,19,24H,10-16H2. The first-order valence-electron chi connectivity index (χ1n) is 8.79. The number of hydrogen-bond donors (Lipinski definition) is 1. The third kappa shape index (κ3) is 5.44. The molecule has 0 radical (unpaired) electrons. The number of hydrogen-bond acceptors (Lipinski definition) is 4. The van der Waals surface area contributed by atoms with Crippen LogP contribution < -0.4 is 9.64 Å². The van der Waals surface area contributed by atoms with Crippen molar-refractivity contribution in [2.45, 2.75) is 12.5 Å². The zero-order valence-corrected chi connectivity index (χ0v) is 14.4. The fourth-order valence-electron chi connectivity index (χ4n) is 3.01. The van der Waals surface area contributed by atoms with E-state index >= 15 is 0 Å². The number of piperazine rings is 1. The highest BCUT2D eigenvalue weighted by atomic mass is 19.1. The van der Waals surface area contributed by atoms with Crippen molar-refractivity contribution in [2.75, 3.05) is 44.2 Å². The first-order valence-corrected chi connectivity index (χ1v) is 8.79. The molecule has 25 heavy (non-hydrogen) atoms. The molecule has 1 saturated heterocycles. The van der Waals surface area contributed by atoms with Crippen LogP contribution in [-0.4, -0.2) is 55.4 Å². The zero-order valence-electron chi connectivity index (χ0n) is 14.4. The lowest BCUT2D eigenvalue weighted by Crippen LogP contribution is -2.47. The van der Waals surface area contributed by atoms with Crippen molar-refractivity contribution in [1.82, 2.24) is 4.90 Å². The summed E-state index contributed by atoms with van der Waals surface area (Å²) in [5, 5.41) is 10.1. The van der Waals surface area contributed by atoms with Crippen LogP contribution in [0, 0.1) is 5.82 Å². The molecule has 134 valence electrons. The number of benzene rings is 2. The summed E-state index contributed by atoms with van der Waals surface area (Å²) in [7, 11) is 0. The van der Waals surface area contributed by atoms with Gasteiger partial charge >= 0.3 is 0 Å². The number of aliphatic hydroxyl groups is 1. The van der Waals surface area contributed by atoms with E-state index in [2.05, 4.69) is 9.80 Å². The molecule has 0 amide bonds. The maximum Gasteiger partial charge on any atom is 0.123 e. The summed E-state index contributed by atoms with van der Waals surface area (Å²) in [4.78, 5) is 4.62.